The number of hydrogen-bond donors (Lipinski definition) is 1. The molecule has 10 heteroatoms. The summed E-state index contributed by atoms with van der Waals surface area (Å²) in [6, 6.07) is 10.2. The molecule has 1 amide bonds. The zero-order valence-corrected chi connectivity index (χ0v) is 20.2. The first-order valence-electron chi connectivity index (χ1n) is 9.87. The van der Waals surface area contributed by atoms with Crippen molar-refractivity contribution in [1.82, 2.24) is 5.32 Å². The minimum atomic E-state index is -4.05. The lowest BCUT2D eigenvalue weighted by atomic mass is 10.1. The number of carbonyl (C=O) groups is 2. The van der Waals surface area contributed by atoms with E-state index >= 15 is 0 Å². The lowest BCUT2D eigenvalue weighted by Crippen LogP contribution is -2.38. The van der Waals surface area contributed by atoms with Gasteiger partial charge in [0.25, 0.3) is 15.9 Å². The summed E-state index contributed by atoms with van der Waals surface area (Å²) in [6.07, 6.45) is 0. The fraction of sp³-hybridized carbons (Fsp3) is 0.364. The van der Waals surface area contributed by atoms with Crippen molar-refractivity contribution < 1.29 is 27.5 Å². The van der Waals surface area contributed by atoms with Crippen molar-refractivity contribution in [3.05, 3.63) is 53.1 Å². The predicted molar refractivity (Wildman–Crippen MR) is 123 cm³/mol. The fourth-order valence-electron chi connectivity index (χ4n) is 2.67. The highest BCUT2D eigenvalue weighted by atomic mass is 35.5. The summed E-state index contributed by atoms with van der Waals surface area (Å²) in [5.41, 5.74) is 0.163. The molecule has 0 aromatic heterocycles. The van der Waals surface area contributed by atoms with Crippen LogP contribution in [0.1, 0.15) is 31.1 Å². The maximum atomic E-state index is 13.1. The highest BCUT2D eigenvalue weighted by Crippen LogP contribution is 2.32. The third kappa shape index (κ3) is 5.92. The minimum Gasteiger partial charge on any atom is -0.495 e. The van der Waals surface area contributed by atoms with Gasteiger partial charge in [0.05, 0.1) is 28.3 Å². The summed E-state index contributed by atoms with van der Waals surface area (Å²) in [7, 11) is -1.23. The van der Waals surface area contributed by atoms with Crippen LogP contribution in [0.4, 0.5) is 5.69 Å². The molecular weight excluding hydrogens is 456 g/mol. The maximum Gasteiger partial charge on any atom is 0.340 e. The molecule has 1 N–H and O–H groups in total. The second-order valence-corrected chi connectivity index (χ2v) is 9.84. The van der Waals surface area contributed by atoms with Crippen molar-refractivity contribution in [1.29, 1.82) is 0 Å². The zero-order chi connectivity index (χ0) is 24.1. The molecule has 2 rings (SSSR count). The van der Waals surface area contributed by atoms with Crippen LogP contribution >= 0.6 is 11.6 Å². The van der Waals surface area contributed by atoms with E-state index in [1.54, 1.807) is 24.3 Å². The predicted octanol–water partition coefficient (Wildman–Crippen LogP) is 3.49. The van der Waals surface area contributed by atoms with Gasteiger partial charge in [-0.3, -0.25) is 9.10 Å². The number of amides is 1. The molecule has 0 aliphatic rings. The molecule has 0 radical (unpaired) electrons. The number of nitrogens with one attached hydrogen (secondary N) is 1. The third-order valence-electron chi connectivity index (χ3n) is 4.96. The SMILES string of the molecule is COc1ccccc1N(C)S(=O)(=O)c1ccc(Cl)c(C(=O)OCC(=O)NC(C)C(C)C)c1. The summed E-state index contributed by atoms with van der Waals surface area (Å²) in [5, 5.41) is 2.72. The summed E-state index contributed by atoms with van der Waals surface area (Å²) in [6.45, 7) is 5.23. The van der Waals surface area contributed by atoms with Gasteiger partial charge in [0, 0.05) is 13.1 Å². The van der Waals surface area contributed by atoms with E-state index in [1.165, 1.54) is 26.3 Å². The second kappa shape index (κ2) is 10.7. The molecule has 0 saturated carbocycles. The van der Waals surface area contributed by atoms with E-state index in [1.807, 2.05) is 20.8 Å². The van der Waals surface area contributed by atoms with Crippen LogP contribution in [0.25, 0.3) is 0 Å². The molecule has 174 valence electrons. The van der Waals surface area contributed by atoms with Crippen molar-refractivity contribution in [2.75, 3.05) is 25.1 Å². The summed E-state index contributed by atoms with van der Waals surface area (Å²) < 4.78 is 37.6. The number of halogens is 1. The van der Waals surface area contributed by atoms with Gasteiger partial charge < -0.3 is 14.8 Å². The lowest BCUT2D eigenvalue weighted by molar-refractivity contribution is -0.125. The van der Waals surface area contributed by atoms with Crippen LogP contribution < -0.4 is 14.4 Å². The summed E-state index contributed by atoms with van der Waals surface area (Å²) >= 11 is 6.10. The van der Waals surface area contributed by atoms with Gasteiger partial charge in [-0.2, -0.15) is 0 Å². The Morgan fingerprint density at radius 2 is 1.78 bits per heavy atom. The standard InChI is InChI=1S/C22H27ClN2O6S/c1-14(2)15(3)24-21(26)13-31-22(27)17-12-16(10-11-18(17)23)32(28,29)25(4)19-8-6-7-9-20(19)30-5/h6-12,14-15H,13H2,1-5H3,(H,24,26). The molecule has 0 fully saturated rings. The Balaban J connectivity index is 2.24. The maximum absolute atomic E-state index is 13.1. The van der Waals surface area contributed by atoms with E-state index < -0.39 is 28.5 Å². The number of anilines is 1. The molecule has 0 heterocycles. The number of nitrogens with zero attached hydrogens (tertiary/aromatic N) is 1. The quantitative estimate of drug-likeness (QED) is 0.549. The Morgan fingerprint density at radius 1 is 1.12 bits per heavy atom. The van der Waals surface area contributed by atoms with Gasteiger partial charge in [0.1, 0.15) is 5.75 Å². The lowest BCUT2D eigenvalue weighted by Gasteiger charge is -2.22. The van der Waals surface area contributed by atoms with Crippen LogP contribution in [0, 0.1) is 5.92 Å². The molecule has 2 aromatic rings. The summed E-state index contributed by atoms with van der Waals surface area (Å²) in [4.78, 5) is 24.3. The minimum absolute atomic E-state index is 0.00449. The van der Waals surface area contributed by atoms with Crippen LogP contribution in [-0.2, 0) is 19.6 Å². The van der Waals surface area contributed by atoms with E-state index in [-0.39, 0.29) is 27.4 Å². The van der Waals surface area contributed by atoms with Crippen LogP contribution in [0.2, 0.25) is 5.02 Å². The average Bonchev–Trinajstić information content (AvgIpc) is 2.76. The fourth-order valence-corrected chi connectivity index (χ4v) is 4.10. The van der Waals surface area contributed by atoms with Crippen molar-refractivity contribution in [3.63, 3.8) is 0 Å². The molecule has 1 atom stereocenters. The van der Waals surface area contributed by atoms with E-state index in [0.717, 1.165) is 10.4 Å². The highest BCUT2D eigenvalue weighted by molar-refractivity contribution is 7.92. The number of hydrogen-bond acceptors (Lipinski definition) is 6. The first kappa shape index (κ1) is 25.5. The number of ether oxygens (including phenoxy) is 2. The van der Waals surface area contributed by atoms with Gasteiger partial charge in [-0.25, -0.2) is 13.2 Å². The van der Waals surface area contributed by atoms with Crippen molar-refractivity contribution in [3.8, 4) is 5.75 Å². The molecule has 0 aliphatic carbocycles. The number of sulfonamides is 1. The molecule has 2 aromatic carbocycles. The first-order valence-corrected chi connectivity index (χ1v) is 11.7. The summed E-state index contributed by atoms with van der Waals surface area (Å²) in [5.74, 6) is -0.783. The number of para-hydroxylation sites is 2. The van der Waals surface area contributed by atoms with E-state index in [4.69, 9.17) is 21.1 Å². The van der Waals surface area contributed by atoms with Crippen molar-refractivity contribution in [2.24, 2.45) is 5.92 Å². The van der Waals surface area contributed by atoms with Gasteiger partial charge >= 0.3 is 5.97 Å². The molecule has 0 saturated heterocycles. The van der Waals surface area contributed by atoms with Crippen LogP contribution in [0.15, 0.2) is 47.4 Å². The van der Waals surface area contributed by atoms with Gasteiger partial charge in [0.2, 0.25) is 0 Å². The Kier molecular flexibility index (Phi) is 8.51. The number of benzene rings is 2. The Morgan fingerprint density at radius 3 is 2.41 bits per heavy atom. The van der Waals surface area contributed by atoms with E-state index in [9.17, 15) is 18.0 Å². The Bertz CT molecular complexity index is 1090. The molecule has 0 bridgehead atoms. The third-order valence-corrected chi connectivity index (χ3v) is 7.06. The van der Waals surface area contributed by atoms with Crippen LogP contribution in [0.3, 0.4) is 0 Å². The smallest absolute Gasteiger partial charge is 0.340 e. The van der Waals surface area contributed by atoms with Crippen LogP contribution in [0.5, 0.6) is 5.75 Å². The normalized spacial score (nSPS) is 12.2. The van der Waals surface area contributed by atoms with Gasteiger partial charge in [-0.05, 0) is 43.2 Å². The average molecular weight is 483 g/mol. The monoisotopic (exact) mass is 482 g/mol. The number of rotatable bonds is 9. The van der Waals surface area contributed by atoms with E-state index in [0.29, 0.717) is 11.4 Å². The van der Waals surface area contributed by atoms with Crippen molar-refractivity contribution >= 4 is 39.2 Å². The largest absolute Gasteiger partial charge is 0.495 e. The Labute approximate surface area is 193 Å². The molecule has 0 aliphatic heterocycles. The molecule has 32 heavy (non-hydrogen) atoms. The van der Waals surface area contributed by atoms with Gasteiger partial charge in [-0.1, -0.05) is 37.6 Å². The number of methoxy groups -OCH3 is 1. The molecular formula is C22H27ClN2O6S. The first-order chi connectivity index (χ1) is 15.0. The molecule has 8 nitrogen and oxygen atoms in total. The van der Waals surface area contributed by atoms with Gasteiger partial charge in [0.15, 0.2) is 6.61 Å². The Hall–Kier alpha value is -2.78. The number of esters is 1. The zero-order valence-electron chi connectivity index (χ0n) is 18.6. The second-order valence-electron chi connectivity index (χ2n) is 7.46. The van der Waals surface area contributed by atoms with Crippen LogP contribution in [-0.4, -0.2) is 47.1 Å². The number of carbonyl (C=O) groups excluding carboxylic acids is 2. The van der Waals surface area contributed by atoms with E-state index in [2.05, 4.69) is 5.32 Å². The molecule has 0 spiro atoms. The molecule has 1 unspecified atom stereocenters. The highest BCUT2D eigenvalue weighted by Gasteiger charge is 2.26. The van der Waals surface area contributed by atoms with Gasteiger partial charge in [-0.15, -0.1) is 0 Å². The van der Waals surface area contributed by atoms with Crippen molar-refractivity contribution in [2.45, 2.75) is 31.7 Å². The topological polar surface area (TPSA) is 102 Å².